The largest absolute Gasteiger partial charge is 0.492 e. The van der Waals surface area contributed by atoms with E-state index in [0.29, 0.717) is 38.9 Å². The van der Waals surface area contributed by atoms with Crippen LogP contribution in [0.25, 0.3) is 11.0 Å². The van der Waals surface area contributed by atoms with Gasteiger partial charge in [0.15, 0.2) is 6.61 Å². The van der Waals surface area contributed by atoms with Crippen LogP contribution in [-0.4, -0.2) is 31.6 Å². The molecular weight excluding hydrogens is 472 g/mol. The summed E-state index contributed by atoms with van der Waals surface area (Å²) < 4.78 is 16.5. The fourth-order valence-corrected chi connectivity index (χ4v) is 3.86. The second-order valence-corrected chi connectivity index (χ2v) is 8.19. The van der Waals surface area contributed by atoms with Crippen molar-refractivity contribution in [2.24, 2.45) is 0 Å². The molecule has 2 amide bonds. The molecule has 0 aliphatic carbocycles. The summed E-state index contributed by atoms with van der Waals surface area (Å²) in [5.41, 5.74) is 0.420. The lowest BCUT2D eigenvalue weighted by molar-refractivity contribution is -0.121. The van der Waals surface area contributed by atoms with Crippen molar-refractivity contribution < 1.29 is 23.5 Å². The molecule has 0 radical (unpaired) electrons. The average molecular weight is 491 g/mol. The molecule has 2 heterocycles. The number of hydrogen-bond donors (Lipinski definition) is 1. The van der Waals surface area contributed by atoms with E-state index in [1.165, 1.54) is 11.0 Å². The molecule has 3 aromatic carbocycles. The molecule has 1 aliphatic rings. The van der Waals surface area contributed by atoms with Gasteiger partial charge in [-0.15, -0.1) is 0 Å². The van der Waals surface area contributed by atoms with Gasteiger partial charge in [0.2, 0.25) is 0 Å². The number of nitrogens with one attached hydrogen (secondary N) is 1. The number of amides is 2. The number of rotatable bonds is 6. The number of anilines is 2. The zero-order valence-electron chi connectivity index (χ0n) is 18.3. The van der Waals surface area contributed by atoms with E-state index in [1.54, 1.807) is 66.7 Å². The van der Waals surface area contributed by atoms with Crippen LogP contribution >= 0.6 is 11.6 Å². The summed E-state index contributed by atoms with van der Waals surface area (Å²) in [5.74, 6) is 0.269. The van der Waals surface area contributed by atoms with E-state index in [4.69, 9.17) is 25.5 Å². The number of ether oxygens (including phenoxy) is 2. The number of carbonyl (C=O) groups excluding carboxylic acids is 2. The molecule has 0 bridgehead atoms. The van der Waals surface area contributed by atoms with Crippen LogP contribution in [0.1, 0.15) is 10.4 Å². The van der Waals surface area contributed by atoms with Crippen molar-refractivity contribution in [2.75, 3.05) is 30.0 Å². The maximum atomic E-state index is 12.8. The lowest BCUT2D eigenvalue weighted by Gasteiger charge is -2.29. The number of benzene rings is 3. The number of nitrogens with zero attached hydrogens (tertiary/aromatic N) is 1. The van der Waals surface area contributed by atoms with Crippen LogP contribution in [-0.2, 0) is 4.79 Å². The number of para-hydroxylation sites is 1. The van der Waals surface area contributed by atoms with Gasteiger partial charge in [-0.1, -0.05) is 29.8 Å². The highest BCUT2D eigenvalue weighted by Gasteiger charge is 2.26. The Kier molecular flexibility index (Phi) is 6.12. The van der Waals surface area contributed by atoms with Gasteiger partial charge in [-0.05, 0) is 54.6 Å². The van der Waals surface area contributed by atoms with Crippen molar-refractivity contribution in [1.82, 2.24) is 0 Å². The molecule has 0 saturated heterocycles. The van der Waals surface area contributed by atoms with Gasteiger partial charge < -0.3 is 24.1 Å². The molecule has 1 N–H and O–H groups in total. The van der Waals surface area contributed by atoms with Gasteiger partial charge in [-0.3, -0.25) is 9.59 Å². The highest BCUT2D eigenvalue weighted by Crippen LogP contribution is 2.34. The third kappa shape index (κ3) is 4.83. The summed E-state index contributed by atoms with van der Waals surface area (Å²) in [6, 6.07) is 20.3. The van der Waals surface area contributed by atoms with Gasteiger partial charge in [0, 0.05) is 16.1 Å². The molecule has 1 aliphatic heterocycles. The number of halogens is 1. The predicted molar refractivity (Wildman–Crippen MR) is 132 cm³/mol. The maximum absolute atomic E-state index is 12.8. The molecule has 5 rings (SSSR count). The first kappa shape index (κ1) is 22.5. The second kappa shape index (κ2) is 9.52. The zero-order valence-corrected chi connectivity index (χ0v) is 19.1. The molecule has 0 unspecified atom stereocenters. The third-order valence-electron chi connectivity index (χ3n) is 5.44. The first-order chi connectivity index (χ1) is 17.0. The van der Waals surface area contributed by atoms with Crippen LogP contribution < -0.4 is 25.3 Å². The molecule has 8 nitrogen and oxygen atoms in total. The molecule has 176 valence electrons. The Bertz CT molecular complexity index is 1480. The molecular formula is C26H19ClN2O6. The van der Waals surface area contributed by atoms with E-state index in [-0.39, 0.29) is 31.2 Å². The Hall–Kier alpha value is -4.30. The molecule has 4 aromatic rings. The van der Waals surface area contributed by atoms with E-state index in [1.807, 2.05) is 0 Å². The molecule has 35 heavy (non-hydrogen) atoms. The highest BCUT2D eigenvalue weighted by molar-refractivity contribution is 6.30. The SMILES string of the molecule is O=C(Nc1ccc2c(c1)N(CCOc1ccc(Cl)cc1)C(=O)CO2)c1cc2ccccc2oc1=O. The number of carbonyl (C=O) groups is 2. The summed E-state index contributed by atoms with van der Waals surface area (Å²) >= 11 is 5.89. The van der Waals surface area contributed by atoms with E-state index < -0.39 is 11.5 Å². The van der Waals surface area contributed by atoms with Crippen molar-refractivity contribution in [3.63, 3.8) is 0 Å². The van der Waals surface area contributed by atoms with Crippen LogP contribution in [0.5, 0.6) is 11.5 Å². The standard InChI is InChI=1S/C26H19ClN2O6/c27-17-5-8-19(9-6-17)33-12-11-29-21-14-18(7-10-23(21)34-15-24(29)30)28-25(31)20-13-16-3-1-2-4-22(16)35-26(20)32/h1-10,13-14H,11-12,15H2,(H,28,31). The van der Waals surface area contributed by atoms with Crippen LogP contribution in [0.3, 0.4) is 0 Å². The normalized spacial score (nSPS) is 12.7. The summed E-state index contributed by atoms with van der Waals surface area (Å²) in [4.78, 5) is 39.2. The quantitative estimate of drug-likeness (QED) is 0.399. The summed E-state index contributed by atoms with van der Waals surface area (Å²) in [6.07, 6.45) is 0. The molecule has 9 heteroatoms. The number of fused-ring (bicyclic) bond motifs is 2. The molecule has 0 spiro atoms. The Morgan fingerprint density at radius 2 is 1.83 bits per heavy atom. The van der Waals surface area contributed by atoms with Gasteiger partial charge in [0.1, 0.15) is 29.3 Å². The Labute approximate surface area is 204 Å². The molecule has 1 aromatic heterocycles. The lowest BCUT2D eigenvalue weighted by Crippen LogP contribution is -2.41. The van der Waals surface area contributed by atoms with E-state index >= 15 is 0 Å². The Morgan fingerprint density at radius 1 is 1.03 bits per heavy atom. The molecule has 0 saturated carbocycles. The van der Waals surface area contributed by atoms with Gasteiger partial charge in [-0.25, -0.2) is 4.79 Å². The second-order valence-electron chi connectivity index (χ2n) is 7.76. The monoisotopic (exact) mass is 490 g/mol. The van der Waals surface area contributed by atoms with Crippen LogP contribution in [0.4, 0.5) is 11.4 Å². The Morgan fingerprint density at radius 3 is 2.66 bits per heavy atom. The maximum Gasteiger partial charge on any atom is 0.349 e. The van der Waals surface area contributed by atoms with Crippen LogP contribution in [0.15, 0.2) is 82.0 Å². The first-order valence-corrected chi connectivity index (χ1v) is 11.2. The van der Waals surface area contributed by atoms with E-state index in [0.717, 1.165) is 0 Å². The fourth-order valence-electron chi connectivity index (χ4n) is 3.73. The van der Waals surface area contributed by atoms with E-state index in [9.17, 15) is 14.4 Å². The number of hydrogen-bond acceptors (Lipinski definition) is 6. The van der Waals surface area contributed by atoms with Gasteiger partial charge in [0.25, 0.3) is 11.8 Å². The average Bonchev–Trinajstić information content (AvgIpc) is 2.86. The zero-order chi connectivity index (χ0) is 24.4. The molecule has 0 atom stereocenters. The minimum atomic E-state index is -0.737. The van der Waals surface area contributed by atoms with Gasteiger partial charge >= 0.3 is 5.63 Å². The first-order valence-electron chi connectivity index (χ1n) is 10.8. The van der Waals surface area contributed by atoms with Crippen molar-refractivity contribution in [1.29, 1.82) is 0 Å². The Balaban J connectivity index is 1.34. The molecule has 0 fully saturated rings. The van der Waals surface area contributed by atoms with E-state index in [2.05, 4.69) is 5.32 Å². The van der Waals surface area contributed by atoms with Gasteiger partial charge in [0.05, 0.1) is 12.2 Å². The van der Waals surface area contributed by atoms with Crippen molar-refractivity contribution in [2.45, 2.75) is 0 Å². The smallest absolute Gasteiger partial charge is 0.349 e. The minimum Gasteiger partial charge on any atom is -0.492 e. The van der Waals surface area contributed by atoms with Crippen molar-refractivity contribution in [3.8, 4) is 11.5 Å². The lowest BCUT2D eigenvalue weighted by atomic mass is 10.1. The summed E-state index contributed by atoms with van der Waals surface area (Å²) in [6.45, 7) is 0.406. The predicted octanol–water partition coefficient (Wildman–Crippen LogP) is 4.50. The van der Waals surface area contributed by atoms with Crippen LogP contribution in [0, 0.1) is 0 Å². The summed E-state index contributed by atoms with van der Waals surface area (Å²) in [5, 5.41) is 3.94. The fraction of sp³-hybridized carbons (Fsp3) is 0.115. The topological polar surface area (TPSA) is 98.1 Å². The van der Waals surface area contributed by atoms with Gasteiger partial charge in [-0.2, -0.15) is 0 Å². The summed E-state index contributed by atoms with van der Waals surface area (Å²) in [7, 11) is 0. The van der Waals surface area contributed by atoms with Crippen molar-refractivity contribution in [3.05, 3.63) is 93.8 Å². The minimum absolute atomic E-state index is 0.0994. The highest BCUT2D eigenvalue weighted by atomic mass is 35.5. The van der Waals surface area contributed by atoms with Crippen molar-refractivity contribution >= 4 is 45.8 Å². The third-order valence-corrected chi connectivity index (χ3v) is 5.70. The van der Waals surface area contributed by atoms with Crippen LogP contribution in [0.2, 0.25) is 5.02 Å².